The summed E-state index contributed by atoms with van der Waals surface area (Å²) < 4.78 is 8.46. The van der Waals surface area contributed by atoms with E-state index in [0.717, 1.165) is 22.1 Å². The van der Waals surface area contributed by atoms with Crippen LogP contribution in [0.25, 0.3) is 60.8 Å². The standard InChI is InChI=1S/C32H22N2O/c1-32(2)22-16-15-19-9-3-4-10-20(19)28(22)30-23(32)17-18-26-29(30)21-11-5-7-13-25(21)34(26)31-33-24-12-6-8-14-27(24)35-31/h3-18H,1-2H3. The third-order valence-electron chi connectivity index (χ3n) is 7.84. The van der Waals surface area contributed by atoms with Crippen LogP contribution in [0.3, 0.4) is 0 Å². The maximum atomic E-state index is 6.28. The Balaban J connectivity index is 1.58. The van der Waals surface area contributed by atoms with Crippen molar-refractivity contribution in [3.05, 3.63) is 108 Å². The average molecular weight is 451 g/mol. The number of hydrogen-bond donors (Lipinski definition) is 0. The molecule has 0 saturated heterocycles. The number of oxazole rings is 1. The number of fused-ring (bicyclic) bond motifs is 10. The summed E-state index contributed by atoms with van der Waals surface area (Å²) in [6.07, 6.45) is 0. The number of aromatic nitrogens is 2. The first kappa shape index (κ1) is 19.0. The van der Waals surface area contributed by atoms with Gasteiger partial charge in [-0.05, 0) is 57.3 Å². The number of nitrogens with zero attached hydrogens (tertiary/aromatic N) is 2. The zero-order valence-corrected chi connectivity index (χ0v) is 19.5. The summed E-state index contributed by atoms with van der Waals surface area (Å²) in [5.74, 6) is 0. The van der Waals surface area contributed by atoms with Crippen LogP contribution in [0.1, 0.15) is 25.0 Å². The number of para-hydroxylation sites is 3. The maximum Gasteiger partial charge on any atom is 0.307 e. The van der Waals surface area contributed by atoms with Gasteiger partial charge in [0.05, 0.1) is 11.0 Å². The van der Waals surface area contributed by atoms with E-state index in [1.54, 1.807) is 0 Å². The van der Waals surface area contributed by atoms with Crippen LogP contribution in [0.15, 0.2) is 101 Å². The van der Waals surface area contributed by atoms with Gasteiger partial charge < -0.3 is 4.42 Å². The second kappa shape index (κ2) is 6.39. The molecule has 0 atom stereocenters. The highest BCUT2D eigenvalue weighted by molar-refractivity contribution is 6.20. The molecule has 0 bridgehead atoms. The number of rotatable bonds is 1. The lowest BCUT2D eigenvalue weighted by molar-refractivity contribution is 0.574. The highest BCUT2D eigenvalue weighted by atomic mass is 16.4. The third kappa shape index (κ3) is 2.33. The molecule has 0 unspecified atom stereocenters. The molecule has 1 aliphatic carbocycles. The Morgan fingerprint density at radius 2 is 1.37 bits per heavy atom. The Morgan fingerprint density at radius 1 is 0.657 bits per heavy atom. The van der Waals surface area contributed by atoms with Crippen molar-refractivity contribution < 1.29 is 4.42 Å². The summed E-state index contributed by atoms with van der Waals surface area (Å²) in [6, 6.07) is 35.1. The summed E-state index contributed by atoms with van der Waals surface area (Å²) in [4.78, 5) is 4.87. The topological polar surface area (TPSA) is 31.0 Å². The minimum atomic E-state index is -0.0797. The molecule has 8 rings (SSSR count). The lowest BCUT2D eigenvalue weighted by Crippen LogP contribution is -2.14. The van der Waals surface area contributed by atoms with Crippen LogP contribution in [0.5, 0.6) is 0 Å². The monoisotopic (exact) mass is 450 g/mol. The van der Waals surface area contributed by atoms with E-state index in [1.807, 2.05) is 24.3 Å². The largest absolute Gasteiger partial charge is 0.423 e. The zero-order valence-electron chi connectivity index (χ0n) is 19.5. The van der Waals surface area contributed by atoms with Crippen LogP contribution >= 0.6 is 0 Å². The summed E-state index contributed by atoms with van der Waals surface area (Å²) in [5, 5.41) is 5.07. The Bertz CT molecular complexity index is 1950. The van der Waals surface area contributed by atoms with Gasteiger partial charge in [-0.1, -0.05) is 86.6 Å². The highest BCUT2D eigenvalue weighted by Crippen LogP contribution is 2.55. The van der Waals surface area contributed by atoms with Gasteiger partial charge in [-0.15, -0.1) is 0 Å². The van der Waals surface area contributed by atoms with E-state index in [9.17, 15) is 0 Å². The minimum absolute atomic E-state index is 0.0797. The van der Waals surface area contributed by atoms with Crippen LogP contribution < -0.4 is 0 Å². The molecule has 5 aromatic carbocycles. The molecule has 2 heterocycles. The molecular weight excluding hydrogens is 428 g/mol. The minimum Gasteiger partial charge on any atom is -0.423 e. The number of benzene rings is 5. The van der Waals surface area contributed by atoms with Crippen molar-refractivity contribution >= 4 is 43.7 Å². The van der Waals surface area contributed by atoms with Crippen LogP contribution in [0.2, 0.25) is 0 Å². The van der Waals surface area contributed by atoms with Gasteiger partial charge in [0, 0.05) is 16.2 Å². The Hall–Kier alpha value is -4.37. The van der Waals surface area contributed by atoms with Crippen molar-refractivity contribution in [1.29, 1.82) is 0 Å². The lowest BCUT2D eigenvalue weighted by Gasteiger charge is -2.21. The van der Waals surface area contributed by atoms with Crippen molar-refractivity contribution in [3.63, 3.8) is 0 Å². The molecule has 0 aliphatic heterocycles. The predicted octanol–water partition coefficient (Wildman–Crippen LogP) is 8.38. The first-order valence-electron chi connectivity index (χ1n) is 12.1. The second-order valence-electron chi connectivity index (χ2n) is 10.0. The molecule has 35 heavy (non-hydrogen) atoms. The Morgan fingerprint density at radius 3 is 2.26 bits per heavy atom. The molecule has 3 heteroatoms. The van der Waals surface area contributed by atoms with Crippen molar-refractivity contribution in [2.45, 2.75) is 19.3 Å². The molecule has 2 aromatic heterocycles. The van der Waals surface area contributed by atoms with Crippen molar-refractivity contribution in [2.24, 2.45) is 0 Å². The lowest BCUT2D eigenvalue weighted by atomic mass is 9.82. The van der Waals surface area contributed by atoms with Gasteiger partial charge in [0.2, 0.25) is 0 Å². The van der Waals surface area contributed by atoms with Crippen molar-refractivity contribution in [1.82, 2.24) is 9.55 Å². The van der Waals surface area contributed by atoms with Gasteiger partial charge in [0.15, 0.2) is 5.58 Å². The van der Waals surface area contributed by atoms with Gasteiger partial charge in [-0.3, -0.25) is 4.57 Å². The maximum absolute atomic E-state index is 6.28. The molecule has 1 aliphatic rings. The van der Waals surface area contributed by atoms with Gasteiger partial charge >= 0.3 is 6.01 Å². The summed E-state index contributed by atoms with van der Waals surface area (Å²) >= 11 is 0. The fraction of sp³-hybridized carbons (Fsp3) is 0.0938. The van der Waals surface area contributed by atoms with E-state index in [1.165, 1.54) is 43.8 Å². The molecule has 7 aromatic rings. The van der Waals surface area contributed by atoms with Crippen LogP contribution in [0.4, 0.5) is 0 Å². The molecule has 3 nitrogen and oxygen atoms in total. The Kier molecular flexibility index (Phi) is 3.47. The zero-order chi connectivity index (χ0) is 23.3. The fourth-order valence-electron chi connectivity index (χ4n) is 6.21. The van der Waals surface area contributed by atoms with Crippen molar-refractivity contribution in [2.75, 3.05) is 0 Å². The van der Waals surface area contributed by atoms with E-state index in [2.05, 4.69) is 91.2 Å². The third-order valence-corrected chi connectivity index (χ3v) is 7.84. The molecule has 0 spiro atoms. The van der Waals surface area contributed by atoms with Crippen LogP contribution in [-0.2, 0) is 5.41 Å². The van der Waals surface area contributed by atoms with Crippen molar-refractivity contribution in [3.8, 4) is 17.1 Å². The summed E-state index contributed by atoms with van der Waals surface area (Å²) in [6.45, 7) is 4.69. The molecule has 0 N–H and O–H groups in total. The van der Waals surface area contributed by atoms with Gasteiger partial charge in [0.1, 0.15) is 5.52 Å². The molecule has 0 saturated carbocycles. The molecule has 0 amide bonds. The molecule has 0 fully saturated rings. The normalized spacial score (nSPS) is 14.2. The number of hydrogen-bond acceptors (Lipinski definition) is 2. The molecule has 166 valence electrons. The first-order valence-corrected chi connectivity index (χ1v) is 12.1. The quantitative estimate of drug-likeness (QED) is 0.251. The molecule has 0 radical (unpaired) electrons. The van der Waals surface area contributed by atoms with Gasteiger partial charge in [0.25, 0.3) is 0 Å². The summed E-state index contributed by atoms with van der Waals surface area (Å²) in [5.41, 5.74) is 9.26. The van der Waals surface area contributed by atoms with Gasteiger partial charge in [-0.25, -0.2) is 0 Å². The Labute approximate surface area is 202 Å². The van der Waals surface area contributed by atoms with Crippen LogP contribution in [0, 0.1) is 0 Å². The average Bonchev–Trinajstić information content (AvgIpc) is 3.52. The smallest absolute Gasteiger partial charge is 0.307 e. The SMILES string of the molecule is CC1(C)c2ccc3ccccc3c2-c2c1ccc1c2c2ccccc2n1-c1nc2ccccc2o1. The van der Waals surface area contributed by atoms with E-state index >= 15 is 0 Å². The predicted molar refractivity (Wildman–Crippen MR) is 143 cm³/mol. The van der Waals surface area contributed by atoms with E-state index in [-0.39, 0.29) is 5.41 Å². The second-order valence-corrected chi connectivity index (χ2v) is 10.0. The van der Waals surface area contributed by atoms with E-state index in [0.29, 0.717) is 6.01 Å². The van der Waals surface area contributed by atoms with Crippen LogP contribution in [-0.4, -0.2) is 9.55 Å². The van der Waals surface area contributed by atoms with E-state index < -0.39 is 0 Å². The molecular formula is C32H22N2O. The fourth-order valence-corrected chi connectivity index (χ4v) is 6.21. The first-order chi connectivity index (χ1) is 17.1. The highest BCUT2D eigenvalue weighted by Gasteiger charge is 2.38. The van der Waals surface area contributed by atoms with Gasteiger partial charge in [-0.2, -0.15) is 4.98 Å². The van der Waals surface area contributed by atoms with E-state index in [4.69, 9.17) is 9.40 Å². The summed E-state index contributed by atoms with van der Waals surface area (Å²) in [7, 11) is 0.